The molecule has 2 rings (SSSR count). The fourth-order valence-electron chi connectivity index (χ4n) is 1.24. The third kappa shape index (κ3) is 1.49. The maximum absolute atomic E-state index is 5.98. The smallest absolute Gasteiger partial charge is 0.140 e. The van der Waals surface area contributed by atoms with Crippen LogP contribution >= 0.6 is 11.6 Å². The lowest BCUT2D eigenvalue weighted by Gasteiger charge is -2.10. The number of methoxy groups -OCH3 is 1. The van der Waals surface area contributed by atoms with Crippen LogP contribution in [0.15, 0.2) is 12.3 Å². The summed E-state index contributed by atoms with van der Waals surface area (Å²) in [6, 6.07) is 1.81. The van der Waals surface area contributed by atoms with Crippen LogP contribution in [-0.4, -0.2) is 12.1 Å². The highest BCUT2D eigenvalue weighted by Crippen LogP contribution is 2.43. The minimum atomic E-state index is -0.224. The quantitative estimate of drug-likeness (QED) is 0.787. The van der Waals surface area contributed by atoms with E-state index in [4.69, 9.17) is 22.1 Å². The first-order valence-corrected chi connectivity index (χ1v) is 4.52. The van der Waals surface area contributed by atoms with Gasteiger partial charge in [0.15, 0.2) is 0 Å². The van der Waals surface area contributed by atoms with Gasteiger partial charge >= 0.3 is 0 Å². The Kier molecular flexibility index (Phi) is 1.93. The van der Waals surface area contributed by atoms with Gasteiger partial charge in [0.25, 0.3) is 0 Å². The van der Waals surface area contributed by atoms with Crippen molar-refractivity contribution < 1.29 is 4.74 Å². The Balaban J connectivity index is 2.39. The van der Waals surface area contributed by atoms with Crippen molar-refractivity contribution in [3.8, 4) is 5.75 Å². The standard InChI is InChI=1S/C9H11ClN2O/c1-13-7-4-8(9(11)2-3-9)12-5-6(7)10/h4-5H,2-3,11H2,1H3. The molecule has 1 heterocycles. The summed E-state index contributed by atoms with van der Waals surface area (Å²) in [5, 5.41) is 0.524. The van der Waals surface area contributed by atoms with Gasteiger partial charge in [-0.1, -0.05) is 11.6 Å². The summed E-state index contributed by atoms with van der Waals surface area (Å²) < 4.78 is 5.08. The molecule has 1 aliphatic carbocycles. The molecule has 0 aliphatic heterocycles. The summed E-state index contributed by atoms with van der Waals surface area (Å²) in [5.41, 5.74) is 6.63. The second-order valence-corrected chi connectivity index (χ2v) is 3.77. The first-order valence-electron chi connectivity index (χ1n) is 4.14. The fourth-order valence-corrected chi connectivity index (χ4v) is 1.42. The summed E-state index contributed by atoms with van der Waals surface area (Å²) in [4.78, 5) is 4.18. The van der Waals surface area contributed by atoms with Crippen LogP contribution in [0.1, 0.15) is 18.5 Å². The summed E-state index contributed by atoms with van der Waals surface area (Å²) in [5.74, 6) is 0.642. The van der Waals surface area contributed by atoms with Gasteiger partial charge in [0.05, 0.1) is 18.3 Å². The number of ether oxygens (including phenoxy) is 1. The SMILES string of the molecule is COc1cc(C2(N)CC2)ncc1Cl. The van der Waals surface area contributed by atoms with Gasteiger partial charge in [0.1, 0.15) is 10.8 Å². The first kappa shape index (κ1) is 8.78. The number of hydrogen-bond donors (Lipinski definition) is 1. The molecule has 0 bridgehead atoms. The van der Waals surface area contributed by atoms with E-state index in [-0.39, 0.29) is 5.54 Å². The van der Waals surface area contributed by atoms with E-state index in [1.807, 2.05) is 6.07 Å². The van der Waals surface area contributed by atoms with Crippen molar-refractivity contribution in [2.45, 2.75) is 18.4 Å². The van der Waals surface area contributed by atoms with Crippen LogP contribution in [0.2, 0.25) is 5.02 Å². The molecule has 1 fully saturated rings. The molecule has 0 unspecified atom stereocenters. The van der Waals surface area contributed by atoms with Crippen molar-refractivity contribution >= 4 is 11.6 Å². The van der Waals surface area contributed by atoms with Gasteiger partial charge in [0.2, 0.25) is 0 Å². The van der Waals surface area contributed by atoms with Crippen LogP contribution < -0.4 is 10.5 Å². The molecule has 70 valence electrons. The highest BCUT2D eigenvalue weighted by Gasteiger charge is 2.41. The van der Waals surface area contributed by atoms with Gasteiger partial charge in [-0.05, 0) is 12.8 Å². The van der Waals surface area contributed by atoms with E-state index in [2.05, 4.69) is 4.98 Å². The zero-order chi connectivity index (χ0) is 9.47. The molecule has 0 radical (unpaired) electrons. The van der Waals surface area contributed by atoms with Gasteiger partial charge in [-0.15, -0.1) is 0 Å². The second kappa shape index (κ2) is 2.86. The highest BCUT2D eigenvalue weighted by molar-refractivity contribution is 6.31. The third-order valence-corrected chi connectivity index (χ3v) is 2.62. The van der Waals surface area contributed by atoms with Crippen molar-refractivity contribution in [2.75, 3.05) is 7.11 Å². The largest absolute Gasteiger partial charge is 0.495 e. The lowest BCUT2D eigenvalue weighted by Crippen LogP contribution is -2.20. The Labute approximate surface area is 81.9 Å². The maximum Gasteiger partial charge on any atom is 0.140 e. The second-order valence-electron chi connectivity index (χ2n) is 3.36. The number of hydrogen-bond acceptors (Lipinski definition) is 3. The van der Waals surface area contributed by atoms with Crippen LogP contribution in [0.25, 0.3) is 0 Å². The van der Waals surface area contributed by atoms with Gasteiger partial charge < -0.3 is 10.5 Å². The minimum absolute atomic E-state index is 0.224. The first-order chi connectivity index (χ1) is 6.15. The van der Waals surface area contributed by atoms with Crippen molar-refractivity contribution in [3.05, 3.63) is 23.0 Å². The number of nitrogens with two attached hydrogens (primary N) is 1. The van der Waals surface area contributed by atoms with Crippen LogP contribution in [0.3, 0.4) is 0 Å². The van der Waals surface area contributed by atoms with Gasteiger partial charge in [-0.3, -0.25) is 4.98 Å². The van der Waals surface area contributed by atoms with Crippen molar-refractivity contribution in [1.82, 2.24) is 4.98 Å². The predicted molar refractivity (Wildman–Crippen MR) is 50.9 cm³/mol. The molecule has 1 aromatic heterocycles. The Bertz CT molecular complexity index is 336. The summed E-state index contributed by atoms with van der Waals surface area (Å²) in [6.07, 6.45) is 3.57. The van der Waals surface area contributed by atoms with E-state index in [0.29, 0.717) is 10.8 Å². The molecule has 0 amide bonds. The summed E-state index contributed by atoms with van der Waals surface area (Å²) in [7, 11) is 1.58. The number of halogens is 1. The van der Waals surface area contributed by atoms with Gasteiger partial charge in [0, 0.05) is 12.3 Å². The molecule has 1 aromatic rings. The Morgan fingerprint density at radius 1 is 1.62 bits per heavy atom. The topological polar surface area (TPSA) is 48.1 Å². The molecule has 4 heteroatoms. The average Bonchev–Trinajstić information content (AvgIpc) is 2.86. The van der Waals surface area contributed by atoms with Crippen LogP contribution in [0.5, 0.6) is 5.75 Å². The lowest BCUT2D eigenvalue weighted by atomic mass is 10.2. The Morgan fingerprint density at radius 3 is 2.85 bits per heavy atom. The number of rotatable bonds is 2. The summed E-state index contributed by atoms with van der Waals surface area (Å²) >= 11 is 5.84. The zero-order valence-corrected chi connectivity index (χ0v) is 8.14. The normalized spacial score (nSPS) is 18.4. The Hall–Kier alpha value is -0.800. The average molecular weight is 199 g/mol. The molecule has 0 saturated heterocycles. The molecule has 0 spiro atoms. The fraction of sp³-hybridized carbons (Fsp3) is 0.444. The molecular weight excluding hydrogens is 188 g/mol. The predicted octanol–water partition coefficient (Wildman–Crippen LogP) is 1.69. The van der Waals surface area contributed by atoms with Crippen LogP contribution in [-0.2, 0) is 5.54 Å². The van der Waals surface area contributed by atoms with E-state index in [0.717, 1.165) is 18.5 Å². The van der Waals surface area contributed by atoms with Gasteiger partial charge in [-0.25, -0.2) is 0 Å². The van der Waals surface area contributed by atoms with E-state index < -0.39 is 0 Å². The molecular formula is C9H11ClN2O. The van der Waals surface area contributed by atoms with Crippen molar-refractivity contribution in [1.29, 1.82) is 0 Å². The molecule has 1 saturated carbocycles. The van der Waals surface area contributed by atoms with Crippen LogP contribution in [0.4, 0.5) is 0 Å². The van der Waals surface area contributed by atoms with E-state index in [1.165, 1.54) is 0 Å². The molecule has 2 N–H and O–H groups in total. The van der Waals surface area contributed by atoms with E-state index in [9.17, 15) is 0 Å². The third-order valence-electron chi connectivity index (χ3n) is 2.34. The number of pyridine rings is 1. The molecule has 3 nitrogen and oxygen atoms in total. The van der Waals surface area contributed by atoms with Gasteiger partial charge in [-0.2, -0.15) is 0 Å². The minimum Gasteiger partial charge on any atom is -0.495 e. The lowest BCUT2D eigenvalue weighted by molar-refractivity contribution is 0.413. The monoisotopic (exact) mass is 198 g/mol. The molecule has 13 heavy (non-hydrogen) atoms. The zero-order valence-electron chi connectivity index (χ0n) is 7.38. The maximum atomic E-state index is 5.98. The highest BCUT2D eigenvalue weighted by atomic mass is 35.5. The number of nitrogens with zero attached hydrogens (tertiary/aromatic N) is 1. The van der Waals surface area contributed by atoms with Crippen molar-refractivity contribution in [3.63, 3.8) is 0 Å². The molecule has 1 aliphatic rings. The van der Waals surface area contributed by atoms with Crippen LogP contribution in [0, 0.1) is 0 Å². The van der Waals surface area contributed by atoms with E-state index >= 15 is 0 Å². The Morgan fingerprint density at radius 2 is 2.31 bits per heavy atom. The number of aromatic nitrogens is 1. The molecule has 0 aromatic carbocycles. The molecule has 0 atom stereocenters. The van der Waals surface area contributed by atoms with E-state index in [1.54, 1.807) is 13.3 Å². The summed E-state index contributed by atoms with van der Waals surface area (Å²) in [6.45, 7) is 0. The van der Waals surface area contributed by atoms with Crippen molar-refractivity contribution in [2.24, 2.45) is 5.73 Å².